The lowest BCUT2D eigenvalue weighted by Gasteiger charge is -2.29. The minimum absolute atomic E-state index is 0.0264. The molecule has 1 aliphatic heterocycles. The molecule has 0 unspecified atom stereocenters. The van der Waals surface area contributed by atoms with Crippen molar-refractivity contribution in [3.05, 3.63) is 47.1 Å². The van der Waals surface area contributed by atoms with Gasteiger partial charge in [0.05, 0.1) is 23.6 Å². The first kappa shape index (κ1) is 34.3. The van der Waals surface area contributed by atoms with Crippen LogP contribution in [0.15, 0.2) is 41.5 Å². The number of amides is 3. The Morgan fingerprint density at radius 3 is 2.38 bits per heavy atom. The van der Waals surface area contributed by atoms with Crippen LogP contribution in [0.3, 0.4) is 0 Å². The summed E-state index contributed by atoms with van der Waals surface area (Å²) in [7, 11) is 2.90. The Bertz CT molecular complexity index is 1240. The number of nitrogens with one attached hydrogen (secondary N) is 2. The highest BCUT2D eigenvalue weighted by Gasteiger charge is 2.30. The molecule has 0 spiro atoms. The molecule has 6 atom stereocenters. The number of anilines is 2. The molecule has 0 aliphatic carbocycles. The molecule has 0 saturated heterocycles. The summed E-state index contributed by atoms with van der Waals surface area (Å²) in [5.74, 6) is -2.36. The largest absolute Gasteiger partial charge is 0.506 e. The van der Waals surface area contributed by atoms with Gasteiger partial charge in [-0.05, 0) is 38.2 Å². The molecule has 12 nitrogen and oxygen atoms in total. The number of fused-ring (bicyclic) bond motifs is 2. The second-order valence-electron chi connectivity index (χ2n) is 10.7. The lowest BCUT2D eigenvalue weighted by Crippen LogP contribution is -2.37. The Balaban J connectivity index is 2.68. The van der Waals surface area contributed by atoms with Crippen LogP contribution in [0.25, 0.3) is 0 Å². The first-order chi connectivity index (χ1) is 19.7. The van der Waals surface area contributed by atoms with Crippen LogP contribution in [-0.4, -0.2) is 71.9 Å². The lowest BCUT2D eigenvalue weighted by molar-refractivity contribution is -0.114. The number of hydrogen-bond acceptors (Lipinski definition) is 9. The van der Waals surface area contributed by atoms with Gasteiger partial charge in [-0.3, -0.25) is 9.59 Å². The van der Waals surface area contributed by atoms with Crippen molar-refractivity contribution >= 4 is 29.3 Å². The van der Waals surface area contributed by atoms with Gasteiger partial charge in [0.2, 0.25) is 5.91 Å². The maximum atomic E-state index is 13.0. The quantitative estimate of drug-likeness (QED) is 0.173. The number of methoxy groups -OCH3 is 2. The summed E-state index contributed by atoms with van der Waals surface area (Å²) in [6.45, 7) is 8.20. The van der Waals surface area contributed by atoms with E-state index in [1.807, 2.05) is 6.92 Å². The molecule has 0 radical (unpaired) electrons. The van der Waals surface area contributed by atoms with E-state index >= 15 is 0 Å². The number of nitrogens with two attached hydrogens (primary N) is 1. The minimum Gasteiger partial charge on any atom is -0.506 e. The molecule has 1 aromatic carbocycles. The normalized spacial score (nSPS) is 29.3. The molecule has 7 N–H and O–H groups in total. The van der Waals surface area contributed by atoms with E-state index in [0.29, 0.717) is 12.0 Å². The number of primary amides is 1. The van der Waals surface area contributed by atoms with Gasteiger partial charge in [0.25, 0.3) is 5.91 Å². The molecule has 1 aromatic rings. The van der Waals surface area contributed by atoms with Crippen LogP contribution in [0.1, 0.15) is 46.6 Å². The first-order valence-corrected chi connectivity index (χ1v) is 13.6. The Hall–Kier alpha value is -3.87. The van der Waals surface area contributed by atoms with Crippen LogP contribution in [0.2, 0.25) is 0 Å². The average Bonchev–Trinajstić information content (AvgIpc) is 2.91. The van der Waals surface area contributed by atoms with Gasteiger partial charge in [-0.25, -0.2) is 4.79 Å². The summed E-state index contributed by atoms with van der Waals surface area (Å²) in [6, 6.07) is 1.16. The van der Waals surface area contributed by atoms with Crippen LogP contribution in [0.4, 0.5) is 16.2 Å². The topological polar surface area (TPSA) is 190 Å². The van der Waals surface area contributed by atoms with Crippen molar-refractivity contribution in [1.82, 2.24) is 0 Å². The van der Waals surface area contributed by atoms with Crippen molar-refractivity contribution in [3.63, 3.8) is 0 Å². The highest BCUT2D eigenvalue weighted by molar-refractivity contribution is 6.05. The van der Waals surface area contributed by atoms with Crippen molar-refractivity contribution < 1.29 is 43.9 Å². The molecule has 2 rings (SSSR count). The first-order valence-electron chi connectivity index (χ1n) is 13.6. The predicted octanol–water partition coefficient (Wildman–Crippen LogP) is 3.52. The number of benzene rings is 1. The molecule has 0 saturated carbocycles. The van der Waals surface area contributed by atoms with Gasteiger partial charge < -0.3 is 45.9 Å². The Morgan fingerprint density at radius 2 is 1.81 bits per heavy atom. The van der Waals surface area contributed by atoms with Gasteiger partial charge in [0, 0.05) is 44.3 Å². The van der Waals surface area contributed by atoms with E-state index in [9.17, 15) is 29.7 Å². The van der Waals surface area contributed by atoms with Gasteiger partial charge in [0.15, 0.2) is 6.10 Å². The van der Waals surface area contributed by atoms with E-state index in [1.165, 1.54) is 27.2 Å². The SMILES string of the molecule is CO[C@@H]1/C=C/C=C(\C)C(=O)Nc2cc(O)c(NC(C)=O)c(c2O)C[C@@H](C)C[C@@H](OC)[C@@H](O)[C@@H](C)/C=C(\C)[C@@H]1OC(N)=O. The number of hydrogen-bond donors (Lipinski definition) is 6. The van der Waals surface area contributed by atoms with E-state index in [-0.39, 0.29) is 46.3 Å². The molecular formula is C30H43N3O9. The molecule has 232 valence electrons. The number of phenolic OH excluding ortho intramolecular Hbond substituents is 2. The zero-order valence-electron chi connectivity index (χ0n) is 25.1. The number of phenols is 2. The average molecular weight is 590 g/mol. The van der Waals surface area contributed by atoms with Crippen molar-refractivity contribution in [3.8, 4) is 11.5 Å². The minimum atomic E-state index is -1.01. The second kappa shape index (κ2) is 15.4. The number of allylic oxidation sites excluding steroid dienone is 2. The molecule has 3 amide bonds. The van der Waals surface area contributed by atoms with Crippen LogP contribution >= 0.6 is 0 Å². The van der Waals surface area contributed by atoms with Crippen LogP contribution in [0, 0.1) is 11.8 Å². The van der Waals surface area contributed by atoms with Gasteiger partial charge >= 0.3 is 6.09 Å². The standard InChI is InChI=1S/C30H43N3O9/c1-15-11-20-25(32-19(5)34)22(35)14-21(27(20)37)33-29(38)16(2)9-8-10-23(40-6)28(42-30(31)39)18(4)13-17(3)26(36)24(12-15)41-7/h8-10,13-15,17,23-24,26,28,35-37H,11-12H2,1-7H3,(H2,31,39)(H,32,34)(H,33,38)/b10-8+,16-9+,18-13+/t15-,17+,23-,24-,26+,28+/m1/s1. The third-order valence-corrected chi connectivity index (χ3v) is 7.13. The zero-order valence-corrected chi connectivity index (χ0v) is 25.1. The molecule has 0 aromatic heterocycles. The molecule has 1 heterocycles. The van der Waals surface area contributed by atoms with E-state index in [1.54, 1.807) is 39.0 Å². The van der Waals surface area contributed by atoms with Gasteiger partial charge in [-0.1, -0.05) is 38.2 Å². The fraction of sp³-hybridized carbons (Fsp3) is 0.500. The highest BCUT2D eigenvalue weighted by atomic mass is 16.6. The summed E-state index contributed by atoms with van der Waals surface area (Å²) in [5, 5.41) is 38.3. The number of aromatic hydroxyl groups is 2. The zero-order chi connectivity index (χ0) is 31.7. The molecule has 1 aliphatic rings. The second-order valence-corrected chi connectivity index (χ2v) is 10.7. The smallest absolute Gasteiger partial charge is 0.405 e. The number of ether oxygens (including phenoxy) is 3. The predicted molar refractivity (Wildman–Crippen MR) is 158 cm³/mol. The number of carbonyl (C=O) groups is 3. The molecular weight excluding hydrogens is 546 g/mol. The fourth-order valence-electron chi connectivity index (χ4n) is 4.93. The van der Waals surface area contributed by atoms with Crippen molar-refractivity contribution in [2.24, 2.45) is 17.6 Å². The summed E-state index contributed by atoms with van der Waals surface area (Å²) < 4.78 is 16.5. The molecule has 12 heteroatoms. The van der Waals surface area contributed by atoms with Crippen molar-refractivity contribution in [2.45, 2.75) is 71.9 Å². The summed E-state index contributed by atoms with van der Waals surface area (Å²) in [4.78, 5) is 36.6. The van der Waals surface area contributed by atoms with Gasteiger partial charge in [0.1, 0.15) is 17.6 Å². The van der Waals surface area contributed by atoms with Crippen LogP contribution in [-0.2, 0) is 30.2 Å². The fourth-order valence-corrected chi connectivity index (χ4v) is 4.93. The van der Waals surface area contributed by atoms with Crippen molar-refractivity contribution in [2.75, 3.05) is 24.9 Å². The summed E-state index contributed by atoms with van der Waals surface area (Å²) in [5.41, 5.74) is 6.35. The third-order valence-electron chi connectivity index (χ3n) is 7.13. The third kappa shape index (κ3) is 9.07. The maximum absolute atomic E-state index is 13.0. The van der Waals surface area contributed by atoms with Gasteiger partial charge in [-0.2, -0.15) is 0 Å². The lowest BCUT2D eigenvalue weighted by atomic mass is 9.87. The van der Waals surface area contributed by atoms with E-state index in [2.05, 4.69) is 10.6 Å². The van der Waals surface area contributed by atoms with Crippen LogP contribution < -0.4 is 16.4 Å². The monoisotopic (exact) mass is 589 g/mol. The Labute approximate surface area is 246 Å². The van der Waals surface area contributed by atoms with Gasteiger partial charge in [-0.15, -0.1) is 0 Å². The van der Waals surface area contributed by atoms with Crippen molar-refractivity contribution in [1.29, 1.82) is 0 Å². The Kier molecular flexibility index (Phi) is 12.6. The Morgan fingerprint density at radius 1 is 1.14 bits per heavy atom. The number of rotatable bonds is 4. The number of carbonyl (C=O) groups excluding carboxylic acids is 3. The van der Waals surface area contributed by atoms with E-state index < -0.39 is 48.2 Å². The molecule has 2 bridgehead atoms. The number of aliphatic hydroxyl groups is 1. The number of aliphatic hydroxyl groups excluding tert-OH is 1. The maximum Gasteiger partial charge on any atom is 0.405 e. The molecule has 42 heavy (non-hydrogen) atoms. The summed E-state index contributed by atoms with van der Waals surface area (Å²) >= 11 is 0. The van der Waals surface area contributed by atoms with E-state index in [4.69, 9.17) is 19.9 Å². The summed E-state index contributed by atoms with van der Waals surface area (Å²) in [6.07, 6.45) is 2.54. The van der Waals surface area contributed by atoms with Crippen LogP contribution in [0.5, 0.6) is 11.5 Å². The highest BCUT2D eigenvalue weighted by Crippen LogP contribution is 2.42. The molecule has 0 fully saturated rings. The van der Waals surface area contributed by atoms with E-state index in [0.717, 1.165) is 6.07 Å².